The Morgan fingerprint density at radius 1 is 1.13 bits per heavy atom. The van der Waals surface area contributed by atoms with Crippen LogP contribution in [0.15, 0.2) is 61.9 Å². The van der Waals surface area contributed by atoms with Crippen LogP contribution in [0.2, 0.25) is 0 Å². The third kappa shape index (κ3) is 5.80. The largest absolute Gasteiger partial charge is 0.496 e. The fourth-order valence-electron chi connectivity index (χ4n) is 4.32. The number of esters is 1. The van der Waals surface area contributed by atoms with Crippen molar-refractivity contribution in [2.45, 2.75) is 19.9 Å². The summed E-state index contributed by atoms with van der Waals surface area (Å²) in [5.74, 6) is 1.09. The monoisotopic (exact) mass is 616 g/mol. The number of methoxy groups -OCH3 is 3. The molecule has 2 aromatic carbocycles. The van der Waals surface area contributed by atoms with Crippen LogP contribution in [0.25, 0.3) is 6.08 Å². The van der Waals surface area contributed by atoms with E-state index in [1.807, 2.05) is 31.2 Å². The number of benzene rings is 2. The van der Waals surface area contributed by atoms with Gasteiger partial charge in [0.1, 0.15) is 18.4 Å². The molecule has 1 aliphatic rings. The first kappa shape index (κ1) is 28.6. The van der Waals surface area contributed by atoms with Crippen LogP contribution in [-0.4, -0.2) is 51.7 Å². The zero-order chi connectivity index (χ0) is 28.1. The maximum absolute atomic E-state index is 13.9. The highest BCUT2D eigenvalue weighted by atomic mass is 79.9. The van der Waals surface area contributed by atoms with Crippen molar-refractivity contribution in [1.29, 1.82) is 0 Å². The van der Waals surface area contributed by atoms with Crippen molar-refractivity contribution in [2.24, 2.45) is 4.99 Å². The molecular weight excluding hydrogens is 588 g/mol. The summed E-state index contributed by atoms with van der Waals surface area (Å²) in [6.45, 7) is 4.43. The number of allylic oxidation sites excluding steroid dienone is 1. The molecule has 1 unspecified atom stereocenters. The summed E-state index contributed by atoms with van der Waals surface area (Å²) in [6.07, 6.45) is 1.77. The van der Waals surface area contributed by atoms with E-state index < -0.39 is 12.0 Å². The van der Waals surface area contributed by atoms with Crippen LogP contribution in [-0.2, 0) is 14.3 Å². The molecule has 4 rings (SSSR count). The highest BCUT2D eigenvalue weighted by molar-refractivity contribution is 9.10. The van der Waals surface area contributed by atoms with E-state index in [2.05, 4.69) is 20.9 Å². The molecule has 0 bridgehead atoms. The minimum absolute atomic E-state index is 0.0730. The zero-order valence-electron chi connectivity index (χ0n) is 22.3. The molecule has 39 heavy (non-hydrogen) atoms. The number of para-hydroxylation sites is 1. The lowest BCUT2D eigenvalue weighted by Crippen LogP contribution is -2.40. The van der Waals surface area contributed by atoms with Crippen LogP contribution in [0, 0.1) is 0 Å². The third-order valence-electron chi connectivity index (χ3n) is 6.03. The molecule has 3 aromatic rings. The summed E-state index contributed by atoms with van der Waals surface area (Å²) in [6, 6.07) is 10.1. The van der Waals surface area contributed by atoms with Gasteiger partial charge in [0.05, 0.1) is 47.7 Å². The fourth-order valence-corrected chi connectivity index (χ4v) is 5.94. The number of rotatable bonds is 10. The first-order chi connectivity index (χ1) is 18.8. The Morgan fingerprint density at radius 3 is 2.56 bits per heavy atom. The summed E-state index contributed by atoms with van der Waals surface area (Å²) in [5, 5.41) is 0. The third-order valence-corrected chi connectivity index (χ3v) is 7.61. The van der Waals surface area contributed by atoms with E-state index in [1.165, 1.54) is 23.0 Å². The number of carbonyl (C=O) groups excluding carboxylic acids is 1. The SMILES string of the molecule is CCOc1c(Br)cc(C=c2sc3n(c2=O)C(c2ccccc2OC)C(C(=O)OCCOC)=C(C)N=3)cc1OC. The van der Waals surface area contributed by atoms with Gasteiger partial charge < -0.3 is 23.7 Å². The van der Waals surface area contributed by atoms with E-state index in [-0.39, 0.29) is 24.3 Å². The molecule has 0 N–H and O–H groups in total. The number of carbonyl (C=O) groups is 1. The molecule has 0 fully saturated rings. The summed E-state index contributed by atoms with van der Waals surface area (Å²) in [4.78, 5) is 32.3. The number of halogens is 1. The van der Waals surface area contributed by atoms with Gasteiger partial charge in [-0.25, -0.2) is 9.79 Å². The Hall–Kier alpha value is -3.41. The smallest absolute Gasteiger partial charge is 0.338 e. The van der Waals surface area contributed by atoms with Crippen LogP contribution in [0.3, 0.4) is 0 Å². The molecule has 0 aliphatic carbocycles. The van der Waals surface area contributed by atoms with Crippen LogP contribution in [0.1, 0.15) is 31.0 Å². The van der Waals surface area contributed by atoms with Crippen molar-refractivity contribution in [3.05, 3.63) is 83.0 Å². The predicted molar refractivity (Wildman–Crippen MR) is 151 cm³/mol. The Balaban J connectivity index is 1.91. The predicted octanol–water partition coefficient (Wildman–Crippen LogP) is 3.60. The number of aromatic nitrogens is 1. The second kappa shape index (κ2) is 12.6. The zero-order valence-corrected chi connectivity index (χ0v) is 24.7. The lowest BCUT2D eigenvalue weighted by atomic mass is 9.95. The molecule has 0 spiro atoms. The molecule has 0 radical (unpaired) electrons. The number of thiazole rings is 1. The Kier molecular flexibility index (Phi) is 9.26. The summed E-state index contributed by atoms with van der Waals surface area (Å²) < 4.78 is 30.0. The molecule has 11 heteroatoms. The highest BCUT2D eigenvalue weighted by Gasteiger charge is 2.35. The van der Waals surface area contributed by atoms with Gasteiger partial charge in [-0.2, -0.15) is 0 Å². The van der Waals surface area contributed by atoms with Gasteiger partial charge in [-0.3, -0.25) is 9.36 Å². The quantitative estimate of drug-likeness (QED) is 0.253. The molecule has 0 saturated heterocycles. The van der Waals surface area contributed by atoms with E-state index in [4.69, 9.17) is 23.7 Å². The van der Waals surface area contributed by atoms with Gasteiger partial charge in [-0.05, 0) is 59.6 Å². The second-order valence-corrected chi connectivity index (χ2v) is 10.3. The molecule has 2 heterocycles. The van der Waals surface area contributed by atoms with Crippen LogP contribution >= 0.6 is 27.3 Å². The normalized spacial score (nSPS) is 15.0. The van der Waals surface area contributed by atoms with Gasteiger partial charge in [0.25, 0.3) is 5.56 Å². The first-order valence-electron chi connectivity index (χ1n) is 12.2. The number of hydrogen-bond acceptors (Lipinski definition) is 9. The van der Waals surface area contributed by atoms with Crippen molar-refractivity contribution in [1.82, 2.24) is 4.57 Å². The molecule has 0 saturated carbocycles. The first-order valence-corrected chi connectivity index (χ1v) is 13.8. The fraction of sp³-hybridized carbons (Fsp3) is 0.321. The maximum Gasteiger partial charge on any atom is 0.338 e. The van der Waals surface area contributed by atoms with Gasteiger partial charge in [-0.15, -0.1) is 0 Å². The molecular formula is C28H29BrN2O7S. The molecule has 1 aliphatic heterocycles. The van der Waals surface area contributed by atoms with Crippen LogP contribution < -0.4 is 29.1 Å². The van der Waals surface area contributed by atoms with E-state index in [1.54, 1.807) is 39.4 Å². The summed E-state index contributed by atoms with van der Waals surface area (Å²) in [5.41, 5.74) is 1.81. The molecule has 0 amide bonds. The van der Waals surface area contributed by atoms with Gasteiger partial charge in [-0.1, -0.05) is 29.5 Å². The molecule has 9 nitrogen and oxygen atoms in total. The van der Waals surface area contributed by atoms with Gasteiger partial charge in [0.15, 0.2) is 16.3 Å². The lowest BCUT2D eigenvalue weighted by Gasteiger charge is -2.26. The van der Waals surface area contributed by atoms with Gasteiger partial charge in [0.2, 0.25) is 0 Å². The van der Waals surface area contributed by atoms with E-state index in [9.17, 15) is 9.59 Å². The second-order valence-electron chi connectivity index (χ2n) is 8.42. The van der Waals surface area contributed by atoms with Crippen molar-refractivity contribution < 1.29 is 28.5 Å². The summed E-state index contributed by atoms with van der Waals surface area (Å²) >= 11 is 4.77. The van der Waals surface area contributed by atoms with Crippen molar-refractivity contribution >= 4 is 39.3 Å². The summed E-state index contributed by atoms with van der Waals surface area (Å²) in [7, 11) is 4.64. The topological polar surface area (TPSA) is 97.6 Å². The highest BCUT2D eigenvalue weighted by Crippen LogP contribution is 2.37. The molecule has 1 atom stereocenters. The minimum atomic E-state index is -0.795. The average Bonchev–Trinajstić information content (AvgIpc) is 3.23. The van der Waals surface area contributed by atoms with Gasteiger partial charge in [0, 0.05) is 12.7 Å². The average molecular weight is 618 g/mol. The standard InChI is InChI=1S/C28H29BrN2O7S/c1-6-37-25-19(29)13-17(14-21(25)36-5)15-22-26(32)31-24(18-9-7-8-10-20(18)35-4)23(16(2)30-28(31)39-22)27(33)38-12-11-34-3/h7-10,13-15,24H,6,11-12H2,1-5H3. The maximum atomic E-state index is 13.9. The molecule has 206 valence electrons. The Morgan fingerprint density at radius 2 is 1.87 bits per heavy atom. The minimum Gasteiger partial charge on any atom is -0.496 e. The number of fused-ring (bicyclic) bond motifs is 1. The van der Waals surface area contributed by atoms with E-state index in [0.29, 0.717) is 48.9 Å². The number of ether oxygens (including phenoxy) is 5. The lowest BCUT2D eigenvalue weighted by molar-refractivity contribution is -0.140. The number of nitrogens with zero attached hydrogens (tertiary/aromatic N) is 2. The Labute approximate surface area is 238 Å². The van der Waals surface area contributed by atoms with Crippen LogP contribution in [0.5, 0.6) is 17.2 Å². The van der Waals surface area contributed by atoms with Crippen molar-refractivity contribution in [2.75, 3.05) is 41.2 Å². The van der Waals surface area contributed by atoms with Crippen molar-refractivity contribution in [3.63, 3.8) is 0 Å². The molecule has 1 aromatic heterocycles. The number of hydrogen-bond donors (Lipinski definition) is 0. The van der Waals surface area contributed by atoms with Gasteiger partial charge >= 0.3 is 5.97 Å². The van der Waals surface area contributed by atoms with E-state index >= 15 is 0 Å². The van der Waals surface area contributed by atoms with Crippen molar-refractivity contribution in [3.8, 4) is 17.2 Å². The van der Waals surface area contributed by atoms with Crippen LogP contribution in [0.4, 0.5) is 0 Å². The van der Waals surface area contributed by atoms with E-state index in [0.717, 1.165) is 5.56 Å². The Bertz CT molecular complexity index is 1590.